The van der Waals surface area contributed by atoms with Crippen molar-refractivity contribution in [1.82, 2.24) is 0 Å². The summed E-state index contributed by atoms with van der Waals surface area (Å²) < 4.78 is 5.26. The van der Waals surface area contributed by atoms with Crippen molar-refractivity contribution in [2.45, 2.75) is 30.4 Å². The molecule has 1 unspecified atom stereocenters. The van der Waals surface area contributed by atoms with Crippen LogP contribution < -0.4 is 15.0 Å². The molecule has 164 valence electrons. The summed E-state index contributed by atoms with van der Waals surface area (Å²) in [4.78, 5) is 28.8. The number of thioether (sulfide) groups is 1. The summed E-state index contributed by atoms with van der Waals surface area (Å²) in [6.07, 6.45) is 0.308. The second kappa shape index (κ2) is 9.49. The van der Waals surface area contributed by atoms with Crippen molar-refractivity contribution in [2.75, 3.05) is 23.9 Å². The number of hydrogen-bond acceptors (Lipinski definition) is 4. The molecular formula is C26H26N2O3S. The Bertz CT molecular complexity index is 1140. The Morgan fingerprint density at radius 1 is 1.09 bits per heavy atom. The average molecular weight is 447 g/mol. The van der Waals surface area contributed by atoms with Crippen LogP contribution in [0.5, 0.6) is 5.75 Å². The van der Waals surface area contributed by atoms with Crippen LogP contribution in [-0.4, -0.2) is 25.5 Å². The van der Waals surface area contributed by atoms with Crippen LogP contribution in [0.3, 0.4) is 0 Å². The van der Waals surface area contributed by atoms with E-state index in [1.165, 1.54) is 0 Å². The quantitative estimate of drug-likeness (QED) is 0.561. The second-order valence-corrected chi connectivity index (χ2v) is 9.14. The minimum atomic E-state index is -0.213. The summed E-state index contributed by atoms with van der Waals surface area (Å²) in [5, 5.41) is 2.93. The Morgan fingerprint density at radius 2 is 1.84 bits per heavy atom. The van der Waals surface area contributed by atoms with Crippen molar-refractivity contribution < 1.29 is 14.3 Å². The van der Waals surface area contributed by atoms with Crippen LogP contribution in [0.1, 0.15) is 28.4 Å². The lowest BCUT2D eigenvalue weighted by Crippen LogP contribution is -2.38. The van der Waals surface area contributed by atoms with E-state index in [0.717, 1.165) is 38.7 Å². The van der Waals surface area contributed by atoms with Crippen LogP contribution in [0.25, 0.3) is 0 Å². The van der Waals surface area contributed by atoms with Crippen molar-refractivity contribution in [3.63, 3.8) is 0 Å². The molecule has 1 N–H and O–H groups in total. The maximum absolute atomic E-state index is 13.3. The number of nitrogens with zero attached hydrogens (tertiary/aromatic N) is 1. The molecule has 0 aromatic heterocycles. The molecule has 0 saturated carbocycles. The normalized spacial score (nSPS) is 15.7. The van der Waals surface area contributed by atoms with E-state index in [4.69, 9.17) is 4.74 Å². The third-order valence-corrected chi connectivity index (χ3v) is 6.87. The van der Waals surface area contributed by atoms with E-state index < -0.39 is 0 Å². The fourth-order valence-corrected chi connectivity index (χ4v) is 5.04. The van der Waals surface area contributed by atoms with E-state index in [2.05, 4.69) is 5.32 Å². The van der Waals surface area contributed by atoms with Gasteiger partial charge in [0, 0.05) is 22.3 Å². The number of ether oxygens (including phenoxy) is 1. The number of methoxy groups -OCH3 is 1. The lowest BCUT2D eigenvalue weighted by Gasteiger charge is -2.22. The van der Waals surface area contributed by atoms with Gasteiger partial charge in [-0.1, -0.05) is 36.4 Å². The zero-order valence-electron chi connectivity index (χ0n) is 18.4. The summed E-state index contributed by atoms with van der Waals surface area (Å²) in [6, 6.07) is 21.5. The predicted octanol–water partition coefficient (Wildman–Crippen LogP) is 5.52. The van der Waals surface area contributed by atoms with Gasteiger partial charge in [0.05, 0.1) is 12.8 Å². The van der Waals surface area contributed by atoms with E-state index in [9.17, 15) is 9.59 Å². The second-order valence-electron chi connectivity index (χ2n) is 7.90. The molecule has 0 bridgehead atoms. The van der Waals surface area contributed by atoms with E-state index >= 15 is 0 Å². The number of para-hydroxylation sites is 1. The molecule has 0 saturated heterocycles. The number of anilines is 2. The van der Waals surface area contributed by atoms with Gasteiger partial charge in [-0.05, 0) is 60.9 Å². The van der Waals surface area contributed by atoms with Crippen molar-refractivity contribution in [1.29, 1.82) is 0 Å². The SMILES string of the molecule is COc1ccc(C2CC(=O)N(CC(=O)Nc3cc(C)ccc3C)c3ccccc3S2)cc1. The summed E-state index contributed by atoms with van der Waals surface area (Å²) in [6.45, 7) is 3.91. The van der Waals surface area contributed by atoms with Gasteiger partial charge in [0.2, 0.25) is 11.8 Å². The van der Waals surface area contributed by atoms with Crippen molar-refractivity contribution in [3.05, 3.63) is 83.4 Å². The Kier molecular flexibility index (Phi) is 6.51. The van der Waals surface area contributed by atoms with Crippen molar-refractivity contribution in [3.8, 4) is 5.75 Å². The maximum atomic E-state index is 13.3. The highest BCUT2D eigenvalue weighted by atomic mass is 32.2. The maximum Gasteiger partial charge on any atom is 0.244 e. The fraction of sp³-hybridized carbons (Fsp3) is 0.231. The van der Waals surface area contributed by atoms with Gasteiger partial charge in [-0.3, -0.25) is 9.59 Å². The number of nitrogens with one attached hydrogen (secondary N) is 1. The molecule has 32 heavy (non-hydrogen) atoms. The van der Waals surface area contributed by atoms with Crippen LogP contribution in [0.4, 0.5) is 11.4 Å². The van der Waals surface area contributed by atoms with Crippen molar-refractivity contribution >= 4 is 35.0 Å². The van der Waals surface area contributed by atoms with Gasteiger partial charge in [-0.2, -0.15) is 0 Å². The Morgan fingerprint density at radius 3 is 2.59 bits per heavy atom. The zero-order valence-corrected chi connectivity index (χ0v) is 19.2. The number of benzene rings is 3. The minimum absolute atomic E-state index is 0.0286. The van der Waals surface area contributed by atoms with E-state index in [-0.39, 0.29) is 23.6 Å². The first kappa shape index (κ1) is 22.0. The molecule has 0 fully saturated rings. The number of amides is 2. The molecule has 1 heterocycles. The molecule has 0 spiro atoms. The molecule has 0 aliphatic carbocycles. The number of aryl methyl sites for hydroxylation is 2. The molecule has 1 aliphatic rings. The van der Waals surface area contributed by atoms with Crippen LogP contribution in [-0.2, 0) is 9.59 Å². The third kappa shape index (κ3) is 4.81. The topological polar surface area (TPSA) is 58.6 Å². The standard InChI is InChI=1S/C26H26N2O3S/c1-17-8-9-18(2)21(14-17)27-25(29)16-28-22-6-4-5-7-23(22)32-24(15-26(28)30)19-10-12-20(31-3)13-11-19/h4-14,24H,15-16H2,1-3H3,(H,27,29). The smallest absolute Gasteiger partial charge is 0.244 e. The number of carbonyl (C=O) groups excluding carboxylic acids is 2. The van der Waals surface area contributed by atoms with E-state index in [0.29, 0.717) is 6.42 Å². The predicted molar refractivity (Wildman–Crippen MR) is 130 cm³/mol. The van der Waals surface area contributed by atoms with E-state index in [1.807, 2.05) is 80.6 Å². The highest BCUT2D eigenvalue weighted by Crippen LogP contribution is 2.45. The Labute approximate surface area is 192 Å². The molecule has 3 aromatic rings. The Balaban J connectivity index is 1.58. The molecule has 4 rings (SSSR count). The number of carbonyl (C=O) groups is 2. The van der Waals surface area contributed by atoms with Gasteiger partial charge in [-0.25, -0.2) is 0 Å². The van der Waals surface area contributed by atoms with E-state index in [1.54, 1.807) is 23.8 Å². The summed E-state index contributed by atoms with van der Waals surface area (Å²) >= 11 is 1.65. The summed E-state index contributed by atoms with van der Waals surface area (Å²) in [7, 11) is 1.64. The molecule has 6 heteroatoms. The van der Waals surface area contributed by atoms with Gasteiger partial charge in [0.15, 0.2) is 0 Å². The first-order chi connectivity index (χ1) is 15.4. The van der Waals surface area contributed by atoms with Crippen LogP contribution in [0, 0.1) is 13.8 Å². The summed E-state index contributed by atoms with van der Waals surface area (Å²) in [5.74, 6) is 0.498. The molecule has 3 aromatic carbocycles. The summed E-state index contributed by atoms with van der Waals surface area (Å²) in [5.41, 5.74) is 4.66. The molecule has 2 amide bonds. The molecule has 1 atom stereocenters. The lowest BCUT2D eigenvalue weighted by atomic mass is 10.1. The van der Waals surface area contributed by atoms with Gasteiger partial charge >= 0.3 is 0 Å². The lowest BCUT2D eigenvalue weighted by molar-refractivity contribution is -0.121. The first-order valence-electron chi connectivity index (χ1n) is 10.5. The van der Waals surface area contributed by atoms with Crippen LogP contribution >= 0.6 is 11.8 Å². The van der Waals surface area contributed by atoms with Gasteiger partial charge in [0.25, 0.3) is 0 Å². The molecule has 1 aliphatic heterocycles. The third-order valence-electron chi connectivity index (χ3n) is 5.54. The molecule has 5 nitrogen and oxygen atoms in total. The average Bonchev–Trinajstić information content (AvgIpc) is 2.93. The number of fused-ring (bicyclic) bond motifs is 1. The highest BCUT2D eigenvalue weighted by Gasteiger charge is 2.30. The number of hydrogen-bond donors (Lipinski definition) is 1. The van der Waals surface area contributed by atoms with Gasteiger partial charge < -0.3 is 15.0 Å². The molecular weight excluding hydrogens is 420 g/mol. The monoisotopic (exact) mass is 446 g/mol. The first-order valence-corrected chi connectivity index (χ1v) is 11.4. The highest BCUT2D eigenvalue weighted by molar-refractivity contribution is 7.99. The molecule has 0 radical (unpaired) electrons. The van der Waals surface area contributed by atoms with Crippen LogP contribution in [0.15, 0.2) is 71.6 Å². The fourth-order valence-electron chi connectivity index (χ4n) is 3.76. The van der Waals surface area contributed by atoms with Crippen molar-refractivity contribution in [2.24, 2.45) is 0 Å². The van der Waals surface area contributed by atoms with Gasteiger partial charge in [0.1, 0.15) is 12.3 Å². The minimum Gasteiger partial charge on any atom is -0.497 e. The largest absolute Gasteiger partial charge is 0.497 e. The van der Waals surface area contributed by atoms with Crippen LogP contribution in [0.2, 0.25) is 0 Å². The zero-order chi connectivity index (χ0) is 22.7. The van der Waals surface area contributed by atoms with Gasteiger partial charge in [-0.15, -0.1) is 11.8 Å². The Hall–Kier alpha value is -3.25. The number of rotatable bonds is 5.